The average molecular weight is 281 g/mol. The number of piperazine rings is 1. The predicted molar refractivity (Wildman–Crippen MR) is 74.7 cm³/mol. The SMILES string of the molecule is CCOC(=O)N1CCN(Cc2cccc(N)c2F)CC1. The Labute approximate surface area is 118 Å². The van der Waals surface area contributed by atoms with E-state index in [1.165, 1.54) is 0 Å². The molecule has 0 saturated carbocycles. The normalized spacial score (nSPS) is 16.2. The van der Waals surface area contributed by atoms with Gasteiger partial charge in [-0.05, 0) is 13.0 Å². The summed E-state index contributed by atoms with van der Waals surface area (Å²) in [5.74, 6) is -0.347. The van der Waals surface area contributed by atoms with Crippen LogP contribution in [0.1, 0.15) is 12.5 Å². The van der Waals surface area contributed by atoms with Gasteiger partial charge in [-0.3, -0.25) is 4.90 Å². The summed E-state index contributed by atoms with van der Waals surface area (Å²) in [7, 11) is 0. The molecule has 1 amide bonds. The van der Waals surface area contributed by atoms with Crippen molar-refractivity contribution in [1.29, 1.82) is 0 Å². The summed E-state index contributed by atoms with van der Waals surface area (Å²) in [5.41, 5.74) is 6.32. The molecular weight excluding hydrogens is 261 g/mol. The molecule has 6 heteroatoms. The number of benzene rings is 1. The van der Waals surface area contributed by atoms with E-state index in [0.29, 0.717) is 44.9 Å². The smallest absolute Gasteiger partial charge is 0.409 e. The Kier molecular flexibility index (Phi) is 4.79. The van der Waals surface area contributed by atoms with Gasteiger partial charge in [0.2, 0.25) is 0 Å². The van der Waals surface area contributed by atoms with Crippen molar-refractivity contribution in [3.8, 4) is 0 Å². The second-order valence-electron chi connectivity index (χ2n) is 4.78. The van der Waals surface area contributed by atoms with Gasteiger partial charge in [0.25, 0.3) is 0 Å². The molecule has 5 nitrogen and oxygen atoms in total. The summed E-state index contributed by atoms with van der Waals surface area (Å²) >= 11 is 0. The number of nitrogen functional groups attached to an aromatic ring is 1. The van der Waals surface area contributed by atoms with E-state index in [0.717, 1.165) is 0 Å². The molecule has 1 aromatic carbocycles. The molecule has 2 rings (SSSR count). The Morgan fingerprint density at radius 3 is 2.70 bits per heavy atom. The van der Waals surface area contributed by atoms with Crippen LogP contribution in [0, 0.1) is 5.82 Å². The van der Waals surface area contributed by atoms with Gasteiger partial charge >= 0.3 is 6.09 Å². The van der Waals surface area contributed by atoms with E-state index in [2.05, 4.69) is 4.90 Å². The van der Waals surface area contributed by atoms with Crippen molar-refractivity contribution in [1.82, 2.24) is 9.80 Å². The first-order valence-electron chi connectivity index (χ1n) is 6.78. The first kappa shape index (κ1) is 14.6. The number of nitrogens with zero attached hydrogens (tertiary/aromatic N) is 2. The maximum absolute atomic E-state index is 13.8. The van der Waals surface area contributed by atoms with Crippen molar-refractivity contribution < 1.29 is 13.9 Å². The van der Waals surface area contributed by atoms with Crippen molar-refractivity contribution in [2.75, 3.05) is 38.5 Å². The lowest BCUT2D eigenvalue weighted by Crippen LogP contribution is -2.48. The number of carbonyl (C=O) groups excluding carboxylic acids is 1. The van der Waals surface area contributed by atoms with Gasteiger partial charge in [-0.1, -0.05) is 12.1 Å². The fourth-order valence-corrected chi connectivity index (χ4v) is 2.27. The van der Waals surface area contributed by atoms with Crippen molar-refractivity contribution in [3.63, 3.8) is 0 Å². The third kappa shape index (κ3) is 3.39. The fraction of sp³-hybridized carbons (Fsp3) is 0.500. The van der Waals surface area contributed by atoms with E-state index in [1.54, 1.807) is 30.0 Å². The molecule has 0 spiro atoms. The number of nitrogens with two attached hydrogens (primary N) is 1. The van der Waals surface area contributed by atoms with Gasteiger partial charge in [0.15, 0.2) is 5.82 Å². The Morgan fingerprint density at radius 2 is 2.05 bits per heavy atom. The molecule has 0 unspecified atom stereocenters. The lowest BCUT2D eigenvalue weighted by Gasteiger charge is -2.34. The van der Waals surface area contributed by atoms with Gasteiger partial charge in [0.05, 0.1) is 12.3 Å². The van der Waals surface area contributed by atoms with Crippen molar-refractivity contribution in [2.24, 2.45) is 0 Å². The highest BCUT2D eigenvalue weighted by atomic mass is 19.1. The highest BCUT2D eigenvalue weighted by Crippen LogP contribution is 2.17. The summed E-state index contributed by atoms with van der Waals surface area (Å²) in [5, 5.41) is 0. The van der Waals surface area contributed by atoms with Gasteiger partial charge in [0, 0.05) is 38.3 Å². The fourth-order valence-electron chi connectivity index (χ4n) is 2.27. The van der Waals surface area contributed by atoms with Crippen LogP contribution in [0.15, 0.2) is 18.2 Å². The summed E-state index contributed by atoms with van der Waals surface area (Å²) in [4.78, 5) is 15.4. The zero-order chi connectivity index (χ0) is 14.5. The number of ether oxygens (including phenoxy) is 1. The van der Waals surface area contributed by atoms with Gasteiger partial charge in [0.1, 0.15) is 0 Å². The minimum absolute atomic E-state index is 0.174. The molecule has 0 aromatic heterocycles. The van der Waals surface area contributed by atoms with Crippen LogP contribution in [0.3, 0.4) is 0 Å². The van der Waals surface area contributed by atoms with E-state index in [4.69, 9.17) is 10.5 Å². The van der Waals surface area contributed by atoms with Crippen molar-refractivity contribution >= 4 is 11.8 Å². The highest BCUT2D eigenvalue weighted by Gasteiger charge is 2.22. The number of halogens is 1. The van der Waals surface area contributed by atoms with E-state index in [-0.39, 0.29) is 17.6 Å². The molecule has 1 saturated heterocycles. The van der Waals surface area contributed by atoms with Crippen molar-refractivity contribution in [2.45, 2.75) is 13.5 Å². The van der Waals surface area contributed by atoms with Crippen LogP contribution < -0.4 is 5.73 Å². The Morgan fingerprint density at radius 1 is 1.35 bits per heavy atom. The molecule has 2 N–H and O–H groups in total. The van der Waals surface area contributed by atoms with E-state index in [1.807, 2.05) is 0 Å². The largest absolute Gasteiger partial charge is 0.450 e. The molecule has 1 aromatic rings. The standard InChI is InChI=1S/C14H20FN3O2/c1-2-20-14(19)18-8-6-17(7-9-18)10-11-4-3-5-12(16)13(11)15/h3-5H,2,6-10,16H2,1H3. The van der Waals surface area contributed by atoms with Crippen LogP contribution >= 0.6 is 0 Å². The molecule has 0 bridgehead atoms. The molecule has 1 heterocycles. The molecule has 0 aliphatic carbocycles. The number of anilines is 1. The predicted octanol–water partition coefficient (Wildman–Crippen LogP) is 1.68. The van der Waals surface area contributed by atoms with E-state index in [9.17, 15) is 9.18 Å². The zero-order valence-electron chi connectivity index (χ0n) is 11.6. The lowest BCUT2D eigenvalue weighted by atomic mass is 10.1. The minimum Gasteiger partial charge on any atom is -0.450 e. The molecule has 1 fully saturated rings. The first-order valence-corrected chi connectivity index (χ1v) is 6.78. The highest BCUT2D eigenvalue weighted by molar-refractivity contribution is 5.67. The maximum atomic E-state index is 13.8. The summed E-state index contributed by atoms with van der Waals surface area (Å²) in [6.45, 7) is 5.28. The Bertz CT molecular complexity index is 473. The topological polar surface area (TPSA) is 58.8 Å². The third-order valence-corrected chi connectivity index (χ3v) is 3.40. The van der Waals surface area contributed by atoms with Crippen LogP contribution in [0.4, 0.5) is 14.9 Å². The van der Waals surface area contributed by atoms with Crippen LogP contribution in [-0.4, -0.2) is 48.7 Å². The monoisotopic (exact) mass is 281 g/mol. The van der Waals surface area contributed by atoms with Crippen LogP contribution in [0.25, 0.3) is 0 Å². The summed E-state index contributed by atoms with van der Waals surface area (Å²) in [6, 6.07) is 5.05. The number of carbonyl (C=O) groups is 1. The molecule has 1 aliphatic rings. The Balaban J connectivity index is 1.88. The second kappa shape index (κ2) is 6.56. The average Bonchev–Trinajstić information content (AvgIpc) is 2.45. The maximum Gasteiger partial charge on any atom is 0.409 e. The van der Waals surface area contributed by atoms with Crippen LogP contribution in [0.5, 0.6) is 0 Å². The molecule has 1 aliphatic heterocycles. The van der Waals surface area contributed by atoms with E-state index < -0.39 is 0 Å². The quantitative estimate of drug-likeness (QED) is 0.856. The van der Waals surface area contributed by atoms with Gasteiger partial charge in [-0.15, -0.1) is 0 Å². The minimum atomic E-state index is -0.347. The van der Waals surface area contributed by atoms with Gasteiger partial charge in [-0.25, -0.2) is 9.18 Å². The Hall–Kier alpha value is -1.82. The third-order valence-electron chi connectivity index (χ3n) is 3.40. The molecule has 0 atom stereocenters. The summed E-state index contributed by atoms with van der Waals surface area (Å²) in [6.07, 6.45) is -0.276. The van der Waals surface area contributed by atoms with Gasteiger partial charge in [-0.2, -0.15) is 0 Å². The van der Waals surface area contributed by atoms with Gasteiger partial charge < -0.3 is 15.4 Å². The number of hydrogen-bond acceptors (Lipinski definition) is 4. The zero-order valence-corrected chi connectivity index (χ0v) is 11.6. The lowest BCUT2D eigenvalue weighted by molar-refractivity contribution is 0.0775. The number of hydrogen-bond donors (Lipinski definition) is 1. The number of amides is 1. The molecule has 110 valence electrons. The van der Waals surface area contributed by atoms with E-state index >= 15 is 0 Å². The van der Waals surface area contributed by atoms with Crippen LogP contribution in [0.2, 0.25) is 0 Å². The summed E-state index contributed by atoms with van der Waals surface area (Å²) < 4.78 is 18.8. The second-order valence-corrected chi connectivity index (χ2v) is 4.78. The van der Waals surface area contributed by atoms with Crippen LogP contribution in [-0.2, 0) is 11.3 Å². The number of rotatable bonds is 3. The molecule has 20 heavy (non-hydrogen) atoms. The molecule has 0 radical (unpaired) electrons. The first-order chi connectivity index (χ1) is 9.61. The van der Waals surface area contributed by atoms with Crippen molar-refractivity contribution in [3.05, 3.63) is 29.6 Å². The molecular formula is C14H20FN3O2.